The van der Waals surface area contributed by atoms with Crippen LogP contribution in [0.2, 0.25) is 10.0 Å². The molecular formula is C17H16Cl4N2O3S. The fourth-order valence-electron chi connectivity index (χ4n) is 2.30. The molecule has 0 aliphatic heterocycles. The molecule has 0 aliphatic carbocycles. The average Bonchev–Trinajstić information content (AvgIpc) is 2.60. The highest BCUT2D eigenvalue weighted by molar-refractivity contribution is 7.89. The van der Waals surface area contributed by atoms with E-state index < -0.39 is 15.9 Å². The highest BCUT2D eigenvalue weighted by Crippen LogP contribution is 2.23. The molecule has 0 radical (unpaired) electrons. The maximum absolute atomic E-state index is 12.6. The first-order chi connectivity index (χ1) is 12.8. The SMILES string of the molecule is O=C(Nc1cc(Cl)cc(Cl)c1)c1ccc(S(=O)(=O)N(CCCl)CCCl)cc1. The quantitative estimate of drug-likeness (QED) is 0.569. The van der Waals surface area contributed by atoms with Crippen LogP contribution < -0.4 is 5.32 Å². The van der Waals surface area contributed by atoms with Gasteiger partial charge in [0.25, 0.3) is 5.91 Å². The number of sulfonamides is 1. The first-order valence-electron chi connectivity index (χ1n) is 7.77. The van der Waals surface area contributed by atoms with Crippen LogP contribution >= 0.6 is 46.4 Å². The number of halogens is 4. The second-order valence-corrected chi connectivity index (χ2v) is 8.99. The third-order valence-corrected chi connectivity index (χ3v) is 6.23. The molecule has 0 bridgehead atoms. The normalized spacial score (nSPS) is 11.6. The van der Waals surface area contributed by atoms with E-state index in [1.807, 2.05) is 0 Å². The van der Waals surface area contributed by atoms with Crippen LogP contribution in [-0.2, 0) is 10.0 Å². The molecular weight excluding hydrogens is 454 g/mol. The molecule has 5 nitrogen and oxygen atoms in total. The van der Waals surface area contributed by atoms with E-state index in [9.17, 15) is 13.2 Å². The second kappa shape index (κ2) is 9.96. The van der Waals surface area contributed by atoms with Crippen LogP contribution in [0.3, 0.4) is 0 Å². The molecule has 1 amide bonds. The fourth-order valence-corrected chi connectivity index (χ4v) is 4.87. The summed E-state index contributed by atoms with van der Waals surface area (Å²) < 4.78 is 26.5. The Morgan fingerprint density at radius 2 is 1.44 bits per heavy atom. The summed E-state index contributed by atoms with van der Waals surface area (Å²) in [6.45, 7) is 0.294. The molecule has 0 saturated carbocycles. The van der Waals surface area contributed by atoms with E-state index in [4.69, 9.17) is 46.4 Å². The van der Waals surface area contributed by atoms with Crippen LogP contribution in [0.4, 0.5) is 5.69 Å². The summed E-state index contributed by atoms with van der Waals surface area (Å²) in [5.41, 5.74) is 0.718. The minimum absolute atomic E-state index is 0.0556. The van der Waals surface area contributed by atoms with Gasteiger partial charge in [0.05, 0.1) is 4.90 Å². The van der Waals surface area contributed by atoms with Gasteiger partial charge in [-0.3, -0.25) is 4.79 Å². The van der Waals surface area contributed by atoms with Gasteiger partial charge in [0.15, 0.2) is 0 Å². The molecule has 0 spiro atoms. The number of benzene rings is 2. The van der Waals surface area contributed by atoms with E-state index in [2.05, 4.69) is 5.32 Å². The lowest BCUT2D eigenvalue weighted by Gasteiger charge is -2.20. The maximum Gasteiger partial charge on any atom is 0.255 e. The predicted octanol–water partition coefficient (Wildman–Crippen LogP) is 4.71. The molecule has 2 aromatic rings. The first kappa shape index (κ1) is 22.3. The van der Waals surface area contributed by atoms with Crippen molar-refractivity contribution in [2.45, 2.75) is 4.90 Å². The van der Waals surface area contributed by atoms with Gasteiger partial charge in [-0.2, -0.15) is 4.31 Å². The molecule has 10 heteroatoms. The van der Waals surface area contributed by atoms with Crippen molar-refractivity contribution in [1.82, 2.24) is 4.31 Å². The first-order valence-corrected chi connectivity index (χ1v) is 11.0. The van der Waals surface area contributed by atoms with Crippen molar-refractivity contribution >= 4 is 68.0 Å². The number of rotatable bonds is 8. The van der Waals surface area contributed by atoms with Gasteiger partial charge in [0.2, 0.25) is 10.0 Å². The summed E-state index contributed by atoms with van der Waals surface area (Å²) in [6.07, 6.45) is 0. The van der Waals surface area contributed by atoms with E-state index in [1.165, 1.54) is 28.6 Å². The van der Waals surface area contributed by atoms with Gasteiger partial charge in [0.1, 0.15) is 0 Å². The molecule has 0 aromatic heterocycles. The Bertz CT molecular complexity index is 879. The van der Waals surface area contributed by atoms with Crippen LogP contribution in [-0.4, -0.2) is 43.5 Å². The summed E-state index contributed by atoms with van der Waals surface area (Å²) in [5.74, 6) is -0.118. The predicted molar refractivity (Wildman–Crippen MR) is 111 cm³/mol. The van der Waals surface area contributed by atoms with Crippen molar-refractivity contribution in [3.8, 4) is 0 Å². The molecule has 0 heterocycles. The number of anilines is 1. The van der Waals surface area contributed by atoms with Crippen molar-refractivity contribution in [1.29, 1.82) is 0 Å². The van der Waals surface area contributed by atoms with Gasteiger partial charge in [-0.05, 0) is 42.5 Å². The Labute approximate surface area is 178 Å². The summed E-state index contributed by atoms with van der Waals surface area (Å²) in [7, 11) is -3.74. The lowest BCUT2D eigenvalue weighted by Crippen LogP contribution is -2.34. The zero-order chi connectivity index (χ0) is 20.0. The lowest BCUT2D eigenvalue weighted by molar-refractivity contribution is 0.102. The number of carbonyl (C=O) groups excluding carboxylic acids is 1. The smallest absolute Gasteiger partial charge is 0.255 e. The average molecular weight is 470 g/mol. The Morgan fingerprint density at radius 3 is 1.93 bits per heavy atom. The van der Waals surface area contributed by atoms with E-state index in [0.29, 0.717) is 15.7 Å². The van der Waals surface area contributed by atoms with E-state index in [1.54, 1.807) is 18.2 Å². The number of hydrogen-bond donors (Lipinski definition) is 1. The zero-order valence-electron chi connectivity index (χ0n) is 14.0. The van der Waals surface area contributed by atoms with Crippen LogP contribution in [0.1, 0.15) is 10.4 Å². The van der Waals surface area contributed by atoms with Crippen molar-refractivity contribution in [3.05, 3.63) is 58.1 Å². The molecule has 1 N–H and O–H groups in total. The Balaban J connectivity index is 2.19. The topological polar surface area (TPSA) is 66.5 Å². The maximum atomic E-state index is 12.6. The molecule has 146 valence electrons. The van der Waals surface area contributed by atoms with Crippen molar-refractivity contribution in [3.63, 3.8) is 0 Å². The Kier molecular flexibility index (Phi) is 8.21. The molecule has 2 rings (SSSR count). The molecule has 0 saturated heterocycles. The number of nitrogens with one attached hydrogen (secondary N) is 1. The number of amides is 1. The summed E-state index contributed by atoms with van der Waals surface area (Å²) in [6, 6.07) is 10.2. The van der Waals surface area contributed by atoms with Crippen molar-refractivity contribution in [2.24, 2.45) is 0 Å². The fraction of sp³-hybridized carbons (Fsp3) is 0.235. The molecule has 0 fully saturated rings. The molecule has 27 heavy (non-hydrogen) atoms. The van der Waals surface area contributed by atoms with E-state index in [0.717, 1.165) is 0 Å². The van der Waals surface area contributed by atoms with E-state index >= 15 is 0 Å². The van der Waals surface area contributed by atoms with Gasteiger partial charge >= 0.3 is 0 Å². The molecule has 0 aliphatic rings. The second-order valence-electron chi connectivity index (χ2n) is 5.42. The monoisotopic (exact) mass is 468 g/mol. The summed E-state index contributed by atoms with van der Waals surface area (Å²) >= 11 is 23.2. The van der Waals surface area contributed by atoms with E-state index in [-0.39, 0.29) is 35.3 Å². The third kappa shape index (κ3) is 5.98. The number of carbonyl (C=O) groups is 1. The van der Waals surface area contributed by atoms with Crippen molar-refractivity contribution < 1.29 is 13.2 Å². The highest BCUT2D eigenvalue weighted by atomic mass is 35.5. The van der Waals surface area contributed by atoms with Crippen molar-refractivity contribution in [2.75, 3.05) is 30.2 Å². The number of nitrogens with zero attached hydrogens (tertiary/aromatic N) is 1. The van der Waals surface area contributed by atoms with Gasteiger partial charge in [-0.25, -0.2) is 8.42 Å². The molecule has 0 unspecified atom stereocenters. The van der Waals surface area contributed by atoms with Crippen LogP contribution in [0.25, 0.3) is 0 Å². The summed E-state index contributed by atoms with van der Waals surface area (Å²) in [4.78, 5) is 12.4. The molecule has 0 atom stereocenters. The standard InChI is InChI=1S/C17H16Cl4N2O3S/c18-5-7-23(8-6-19)27(25,26)16-3-1-12(2-4-16)17(24)22-15-10-13(20)9-14(21)11-15/h1-4,9-11H,5-8H2,(H,22,24). The number of alkyl halides is 2. The minimum atomic E-state index is -3.74. The minimum Gasteiger partial charge on any atom is -0.322 e. The zero-order valence-corrected chi connectivity index (χ0v) is 17.8. The van der Waals surface area contributed by atoms with Crippen LogP contribution in [0.15, 0.2) is 47.4 Å². The van der Waals surface area contributed by atoms with Gasteiger partial charge in [-0.1, -0.05) is 23.2 Å². The Hall–Kier alpha value is -1.02. The largest absolute Gasteiger partial charge is 0.322 e. The van der Waals surface area contributed by atoms with Crippen LogP contribution in [0.5, 0.6) is 0 Å². The summed E-state index contributed by atoms with van der Waals surface area (Å²) in [5, 5.41) is 3.43. The van der Waals surface area contributed by atoms with Gasteiger partial charge in [-0.15, -0.1) is 23.2 Å². The highest BCUT2D eigenvalue weighted by Gasteiger charge is 2.23. The van der Waals surface area contributed by atoms with Gasteiger partial charge in [0, 0.05) is 46.1 Å². The third-order valence-electron chi connectivity index (χ3n) is 3.54. The Morgan fingerprint density at radius 1 is 0.926 bits per heavy atom. The molecule has 2 aromatic carbocycles. The lowest BCUT2D eigenvalue weighted by atomic mass is 10.2. The van der Waals surface area contributed by atoms with Gasteiger partial charge < -0.3 is 5.32 Å². The van der Waals surface area contributed by atoms with Crippen LogP contribution in [0, 0.1) is 0 Å². The number of hydrogen-bond acceptors (Lipinski definition) is 3.